The molecule has 1 heterocycles. The Morgan fingerprint density at radius 2 is 2.29 bits per heavy atom. The van der Waals surface area contributed by atoms with E-state index in [4.69, 9.17) is 0 Å². The maximum atomic E-state index is 11.2. The third-order valence-corrected chi connectivity index (χ3v) is 4.03. The van der Waals surface area contributed by atoms with Crippen LogP contribution >= 0.6 is 15.9 Å². The van der Waals surface area contributed by atoms with E-state index in [1.54, 1.807) is 13.8 Å². The van der Waals surface area contributed by atoms with Crippen molar-refractivity contribution in [3.05, 3.63) is 28.2 Å². The molecule has 1 aromatic carbocycles. The molecule has 1 aromatic rings. The summed E-state index contributed by atoms with van der Waals surface area (Å²) < 4.78 is 1.06. The summed E-state index contributed by atoms with van der Waals surface area (Å²) in [5, 5.41) is 12.5. The van der Waals surface area contributed by atoms with Crippen molar-refractivity contribution in [3.8, 4) is 0 Å². The average Bonchev–Trinajstić information content (AvgIpc) is 2.62. The molecule has 17 heavy (non-hydrogen) atoms. The second-order valence-electron chi connectivity index (χ2n) is 5.17. The van der Waals surface area contributed by atoms with Gasteiger partial charge in [-0.15, -0.1) is 0 Å². The molecule has 1 aliphatic heterocycles. The van der Waals surface area contributed by atoms with Gasteiger partial charge in [0, 0.05) is 22.6 Å². The molecule has 0 saturated carbocycles. The Labute approximate surface area is 109 Å². The first kappa shape index (κ1) is 12.4. The first-order valence-electron chi connectivity index (χ1n) is 5.67. The van der Waals surface area contributed by atoms with Crippen LogP contribution in [0.25, 0.3) is 0 Å². The molecule has 0 amide bonds. The van der Waals surface area contributed by atoms with Crippen LogP contribution in [0.2, 0.25) is 0 Å². The number of benzene rings is 1. The lowest BCUT2D eigenvalue weighted by Gasteiger charge is -2.23. The van der Waals surface area contributed by atoms with Crippen LogP contribution in [0.1, 0.15) is 31.7 Å². The van der Waals surface area contributed by atoms with Crippen LogP contribution < -0.4 is 5.32 Å². The van der Waals surface area contributed by atoms with Crippen molar-refractivity contribution < 1.29 is 9.90 Å². The van der Waals surface area contributed by atoms with Gasteiger partial charge in [-0.3, -0.25) is 4.79 Å². The summed E-state index contributed by atoms with van der Waals surface area (Å²) in [6.45, 7) is 4.38. The van der Waals surface area contributed by atoms with Gasteiger partial charge < -0.3 is 10.4 Å². The standard InChI is InChI=1S/C13H16BrNO2/c1-13(2,12(16)17)6-8-7-15-10-5-3-4-9(14)11(8)10/h3-5,8,15H,6-7H2,1-2H3,(H,16,17). The van der Waals surface area contributed by atoms with Crippen molar-refractivity contribution in [1.82, 2.24) is 0 Å². The summed E-state index contributed by atoms with van der Waals surface area (Å²) in [5.41, 5.74) is 1.64. The third kappa shape index (κ3) is 2.32. The van der Waals surface area contributed by atoms with E-state index in [0.717, 1.165) is 16.7 Å². The quantitative estimate of drug-likeness (QED) is 0.898. The summed E-state index contributed by atoms with van der Waals surface area (Å²) in [6.07, 6.45) is 0.644. The Hall–Kier alpha value is -1.03. The van der Waals surface area contributed by atoms with Crippen LogP contribution in [0.15, 0.2) is 22.7 Å². The Morgan fingerprint density at radius 1 is 1.59 bits per heavy atom. The number of rotatable bonds is 3. The van der Waals surface area contributed by atoms with Crippen LogP contribution in [-0.4, -0.2) is 17.6 Å². The predicted molar refractivity (Wildman–Crippen MR) is 71.4 cm³/mol. The molecule has 0 radical (unpaired) electrons. The fourth-order valence-electron chi connectivity index (χ4n) is 2.32. The van der Waals surface area contributed by atoms with Gasteiger partial charge in [0.05, 0.1) is 5.41 Å². The molecule has 92 valence electrons. The van der Waals surface area contributed by atoms with Crippen molar-refractivity contribution in [2.24, 2.45) is 5.41 Å². The number of carboxylic acid groups (broad SMARTS) is 1. The fourth-order valence-corrected chi connectivity index (χ4v) is 3.01. The minimum Gasteiger partial charge on any atom is -0.481 e. The highest BCUT2D eigenvalue weighted by atomic mass is 79.9. The van der Waals surface area contributed by atoms with E-state index in [1.165, 1.54) is 5.56 Å². The topological polar surface area (TPSA) is 49.3 Å². The molecule has 0 fully saturated rings. The lowest BCUT2D eigenvalue weighted by atomic mass is 9.81. The van der Waals surface area contributed by atoms with Crippen LogP contribution in [0.4, 0.5) is 5.69 Å². The van der Waals surface area contributed by atoms with Gasteiger partial charge in [0.1, 0.15) is 0 Å². The van der Waals surface area contributed by atoms with E-state index in [0.29, 0.717) is 6.42 Å². The van der Waals surface area contributed by atoms with Crippen molar-refractivity contribution in [2.75, 3.05) is 11.9 Å². The van der Waals surface area contributed by atoms with E-state index in [-0.39, 0.29) is 5.92 Å². The second kappa shape index (κ2) is 4.33. The normalized spacial score (nSPS) is 18.6. The van der Waals surface area contributed by atoms with Crippen LogP contribution in [0.5, 0.6) is 0 Å². The van der Waals surface area contributed by atoms with E-state index >= 15 is 0 Å². The highest BCUT2D eigenvalue weighted by Gasteiger charge is 2.34. The van der Waals surface area contributed by atoms with Crippen molar-refractivity contribution >= 4 is 27.6 Å². The summed E-state index contributed by atoms with van der Waals surface area (Å²) in [5.74, 6) is -0.482. The van der Waals surface area contributed by atoms with Gasteiger partial charge in [-0.1, -0.05) is 22.0 Å². The molecule has 1 atom stereocenters. The molecule has 3 nitrogen and oxygen atoms in total. The molecule has 0 aromatic heterocycles. The van der Waals surface area contributed by atoms with Gasteiger partial charge in [0.2, 0.25) is 0 Å². The molecule has 2 N–H and O–H groups in total. The van der Waals surface area contributed by atoms with E-state index in [1.807, 2.05) is 18.2 Å². The van der Waals surface area contributed by atoms with Crippen molar-refractivity contribution in [3.63, 3.8) is 0 Å². The molecule has 1 unspecified atom stereocenters. The molecular weight excluding hydrogens is 282 g/mol. The molecule has 0 saturated heterocycles. The smallest absolute Gasteiger partial charge is 0.309 e. The zero-order valence-corrected chi connectivity index (χ0v) is 11.5. The minimum atomic E-state index is -0.738. The lowest BCUT2D eigenvalue weighted by Crippen LogP contribution is -2.26. The lowest BCUT2D eigenvalue weighted by molar-refractivity contribution is -0.147. The summed E-state index contributed by atoms with van der Waals surface area (Å²) in [7, 11) is 0. The first-order chi connectivity index (χ1) is 7.92. The number of halogens is 1. The van der Waals surface area contributed by atoms with Gasteiger partial charge in [-0.25, -0.2) is 0 Å². The van der Waals surface area contributed by atoms with Gasteiger partial charge in [0.15, 0.2) is 0 Å². The minimum absolute atomic E-state index is 0.256. The summed E-state index contributed by atoms with van der Waals surface area (Å²) >= 11 is 3.54. The summed E-state index contributed by atoms with van der Waals surface area (Å²) in [6, 6.07) is 6.03. The molecular formula is C13H16BrNO2. The van der Waals surface area contributed by atoms with Crippen LogP contribution in [0.3, 0.4) is 0 Å². The summed E-state index contributed by atoms with van der Waals surface area (Å²) in [4.78, 5) is 11.2. The fraction of sp³-hybridized carbons (Fsp3) is 0.462. The van der Waals surface area contributed by atoms with Gasteiger partial charge in [-0.2, -0.15) is 0 Å². The van der Waals surface area contributed by atoms with E-state index < -0.39 is 11.4 Å². The third-order valence-electron chi connectivity index (χ3n) is 3.34. The zero-order chi connectivity index (χ0) is 12.6. The van der Waals surface area contributed by atoms with Gasteiger partial charge in [-0.05, 0) is 38.0 Å². The monoisotopic (exact) mass is 297 g/mol. The number of anilines is 1. The maximum absolute atomic E-state index is 11.2. The van der Waals surface area contributed by atoms with Gasteiger partial charge in [0.25, 0.3) is 0 Å². The Kier molecular flexibility index (Phi) is 3.17. The largest absolute Gasteiger partial charge is 0.481 e. The Balaban J connectivity index is 2.26. The van der Waals surface area contributed by atoms with E-state index in [9.17, 15) is 9.90 Å². The Bertz CT molecular complexity index is 457. The number of hydrogen-bond acceptors (Lipinski definition) is 2. The first-order valence-corrected chi connectivity index (χ1v) is 6.47. The molecule has 4 heteroatoms. The zero-order valence-electron chi connectivity index (χ0n) is 9.96. The van der Waals surface area contributed by atoms with Crippen molar-refractivity contribution in [2.45, 2.75) is 26.2 Å². The van der Waals surface area contributed by atoms with Crippen LogP contribution in [-0.2, 0) is 4.79 Å². The molecule has 0 bridgehead atoms. The number of carbonyl (C=O) groups is 1. The number of aliphatic carboxylic acids is 1. The van der Waals surface area contributed by atoms with Crippen LogP contribution in [0, 0.1) is 5.41 Å². The number of carboxylic acids is 1. The Morgan fingerprint density at radius 3 is 2.94 bits per heavy atom. The molecule has 1 aliphatic rings. The predicted octanol–water partition coefficient (Wildman–Crippen LogP) is 3.46. The average molecular weight is 298 g/mol. The number of fused-ring (bicyclic) bond motifs is 1. The second-order valence-corrected chi connectivity index (χ2v) is 6.03. The van der Waals surface area contributed by atoms with Crippen molar-refractivity contribution in [1.29, 1.82) is 0 Å². The molecule has 0 aliphatic carbocycles. The van der Waals surface area contributed by atoms with Gasteiger partial charge >= 0.3 is 5.97 Å². The SMILES string of the molecule is CC(C)(CC1CNc2cccc(Br)c21)C(=O)O. The molecule has 2 rings (SSSR count). The molecule has 0 spiro atoms. The highest BCUT2D eigenvalue weighted by Crippen LogP contribution is 2.42. The number of nitrogens with one attached hydrogen (secondary N) is 1. The maximum Gasteiger partial charge on any atom is 0.309 e. The highest BCUT2D eigenvalue weighted by molar-refractivity contribution is 9.10. The number of hydrogen-bond donors (Lipinski definition) is 2. The van der Waals surface area contributed by atoms with E-state index in [2.05, 4.69) is 21.2 Å².